The van der Waals surface area contributed by atoms with Crippen LogP contribution >= 0.6 is 0 Å². The molecule has 0 spiro atoms. The molecule has 1 heterocycles. The van der Waals surface area contributed by atoms with Gasteiger partial charge in [-0.25, -0.2) is 0 Å². The molecule has 4 nitrogen and oxygen atoms in total. The minimum atomic E-state index is -0.566. The highest BCUT2D eigenvalue weighted by atomic mass is 16.5. The average molecular weight is 242 g/mol. The molecule has 1 unspecified atom stereocenters. The Hall–Kier alpha value is -0.610. The van der Waals surface area contributed by atoms with Crippen LogP contribution in [0.3, 0.4) is 0 Å². The molecule has 0 aromatic rings. The molecule has 3 N–H and O–H groups in total. The predicted molar refractivity (Wildman–Crippen MR) is 68.6 cm³/mol. The second-order valence-corrected chi connectivity index (χ2v) is 6.03. The number of ether oxygens (including phenoxy) is 1. The van der Waals surface area contributed by atoms with Crippen LogP contribution in [0.4, 0.5) is 0 Å². The highest BCUT2D eigenvalue weighted by molar-refractivity contribution is 5.83. The molecule has 1 aliphatic heterocycles. The van der Waals surface area contributed by atoms with Gasteiger partial charge in [-0.2, -0.15) is 0 Å². The molecule has 0 aliphatic carbocycles. The Morgan fingerprint density at radius 2 is 2.06 bits per heavy atom. The summed E-state index contributed by atoms with van der Waals surface area (Å²) in [6.07, 6.45) is 3.47. The third kappa shape index (κ3) is 3.68. The van der Waals surface area contributed by atoms with Crippen molar-refractivity contribution in [3.63, 3.8) is 0 Å². The first-order chi connectivity index (χ1) is 7.75. The van der Waals surface area contributed by atoms with Crippen LogP contribution in [0.15, 0.2) is 0 Å². The number of nitrogens with two attached hydrogens (primary N) is 1. The van der Waals surface area contributed by atoms with Gasteiger partial charge in [0.25, 0.3) is 0 Å². The van der Waals surface area contributed by atoms with Crippen LogP contribution < -0.4 is 11.1 Å². The quantitative estimate of drug-likeness (QED) is 0.766. The Kier molecular flexibility index (Phi) is 4.55. The fraction of sp³-hybridized carbons (Fsp3) is 0.923. The van der Waals surface area contributed by atoms with Gasteiger partial charge in [-0.05, 0) is 47.0 Å². The molecule has 1 fully saturated rings. The van der Waals surface area contributed by atoms with E-state index in [1.54, 1.807) is 0 Å². The van der Waals surface area contributed by atoms with E-state index in [4.69, 9.17) is 10.5 Å². The third-order valence-corrected chi connectivity index (χ3v) is 3.95. The van der Waals surface area contributed by atoms with Gasteiger partial charge < -0.3 is 15.8 Å². The van der Waals surface area contributed by atoms with Crippen LogP contribution in [0, 0.1) is 5.41 Å². The molecule has 1 aliphatic rings. The van der Waals surface area contributed by atoms with E-state index >= 15 is 0 Å². The molecule has 1 atom stereocenters. The van der Waals surface area contributed by atoms with E-state index in [0.29, 0.717) is 12.6 Å². The Morgan fingerprint density at radius 3 is 2.53 bits per heavy atom. The molecule has 0 aromatic heterocycles. The lowest BCUT2D eigenvalue weighted by molar-refractivity contribution is -0.132. The van der Waals surface area contributed by atoms with E-state index in [9.17, 15) is 4.79 Å². The minimum absolute atomic E-state index is 0.0167. The van der Waals surface area contributed by atoms with Crippen molar-refractivity contribution >= 4 is 5.91 Å². The van der Waals surface area contributed by atoms with Gasteiger partial charge in [-0.15, -0.1) is 0 Å². The Balaban J connectivity index is 2.33. The molecule has 4 heteroatoms. The number of amides is 1. The normalized spacial score (nSPS) is 21.6. The van der Waals surface area contributed by atoms with E-state index in [-0.39, 0.29) is 5.91 Å². The molecule has 1 saturated heterocycles. The molecule has 1 rings (SSSR count). The largest absolute Gasteiger partial charge is 0.378 e. The SMILES string of the molecule is CC(C)(N)C(C)(C)C(=O)NCCC1CCCO1. The van der Waals surface area contributed by atoms with Crippen molar-refractivity contribution in [3.05, 3.63) is 0 Å². The predicted octanol–water partition coefficient (Wildman–Crippen LogP) is 1.44. The van der Waals surface area contributed by atoms with Crippen LogP contribution in [0.1, 0.15) is 47.0 Å². The molecule has 0 radical (unpaired) electrons. The fourth-order valence-corrected chi connectivity index (χ4v) is 1.73. The van der Waals surface area contributed by atoms with Gasteiger partial charge in [0.2, 0.25) is 5.91 Å². The monoisotopic (exact) mass is 242 g/mol. The van der Waals surface area contributed by atoms with Crippen LogP contribution in [-0.4, -0.2) is 30.7 Å². The molecule has 100 valence electrons. The molecule has 0 bridgehead atoms. The van der Waals surface area contributed by atoms with Crippen LogP contribution in [0.5, 0.6) is 0 Å². The van der Waals surface area contributed by atoms with Crippen molar-refractivity contribution in [1.82, 2.24) is 5.32 Å². The van der Waals surface area contributed by atoms with Gasteiger partial charge >= 0.3 is 0 Å². The Labute approximate surface area is 104 Å². The van der Waals surface area contributed by atoms with Crippen molar-refractivity contribution in [3.8, 4) is 0 Å². The van der Waals surface area contributed by atoms with E-state index in [1.807, 2.05) is 27.7 Å². The van der Waals surface area contributed by atoms with E-state index in [2.05, 4.69) is 5.32 Å². The molecule has 0 aromatic carbocycles. The van der Waals surface area contributed by atoms with E-state index in [0.717, 1.165) is 25.9 Å². The summed E-state index contributed by atoms with van der Waals surface area (Å²) in [7, 11) is 0. The number of rotatable bonds is 5. The lowest BCUT2D eigenvalue weighted by Gasteiger charge is -2.37. The molecule has 17 heavy (non-hydrogen) atoms. The van der Waals surface area contributed by atoms with Gasteiger partial charge in [-0.3, -0.25) is 4.79 Å². The zero-order valence-electron chi connectivity index (χ0n) is 11.5. The first-order valence-corrected chi connectivity index (χ1v) is 6.44. The summed E-state index contributed by atoms with van der Waals surface area (Å²) in [5.74, 6) is 0.0167. The standard InChI is InChI=1S/C13H26N2O2/c1-12(2,13(3,4)14)11(16)15-8-7-10-6-5-9-17-10/h10H,5-9,14H2,1-4H3,(H,15,16). The summed E-state index contributed by atoms with van der Waals surface area (Å²) in [6.45, 7) is 9.06. The van der Waals surface area contributed by atoms with Gasteiger partial charge in [-0.1, -0.05) is 0 Å². The zero-order valence-corrected chi connectivity index (χ0v) is 11.5. The maximum Gasteiger partial charge on any atom is 0.227 e. The smallest absolute Gasteiger partial charge is 0.227 e. The lowest BCUT2D eigenvalue weighted by Crippen LogP contribution is -2.55. The Morgan fingerprint density at radius 1 is 1.41 bits per heavy atom. The summed E-state index contributed by atoms with van der Waals surface area (Å²) < 4.78 is 5.51. The van der Waals surface area contributed by atoms with Crippen molar-refractivity contribution < 1.29 is 9.53 Å². The van der Waals surface area contributed by atoms with Crippen LogP contribution in [0.25, 0.3) is 0 Å². The highest BCUT2D eigenvalue weighted by Crippen LogP contribution is 2.28. The van der Waals surface area contributed by atoms with Gasteiger partial charge in [0.05, 0.1) is 11.5 Å². The Bertz CT molecular complexity index is 263. The summed E-state index contributed by atoms with van der Waals surface area (Å²) >= 11 is 0. The maximum absolute atomic E-state index is 12.1. The number of hydrogen-bond acceptors (Lipinski definition) is 3. The molecule has 1 amide bonds. The van der Waals surface area contributed by atoms with E-state index in [1.165, 1.54) is 0 Å². The van der Waals surface area contributed by atoms with E-state index < -0.39 is 11.0 Å². The number of hydrogen-bond donors (Lipinski definition) is 2. The van der Waals surface area contributed by atoms with Crippen LogP contribution in [-0.2, 0) is 9.53 Å². The van der Waals surface area contributed by atoms with Gasteiger partial charge in [0.15, 0.2) is 0 Å². The lowest BCUT2D eigenvalue weighted by atomic mass is 9.74. The topological polar surface area (TPSA) is 64.4 Å². The second kappa shape index (κ2) is 5.36. The van der Waals surface area contributed by atoms with Crippen LogP contribution in [0.2, 0.25) is 0 Å². The fourth-order valence-electron chi connectivity index (χ4n) is 1.73. The maximum atomic E-state index is 12.1. The first kappa shape index (κ1) is 14.5. The number of carbonyl (C=O) groups is 1. The third-order valence-electron chi connectivity index (χ3n) is 3.95. The van der Waals surface area contributed by atoms with Crippen molar-refractivity contribution in [2.24, 2.45) is 11.1 Å². The second-order valence-electron chi connectivity index (χ2n) is 6.03. The van der Waals surface area contributed by atoms with Gasteiger partial charge in [0.1, 0.15) is 0 Å². The summed E-state index contributed by atoms with van der Waals surface area (Å²) in [5.41, 5.74) is 4.93. The van der Waals surface area contributed by atoms with Crippen molar-refractivity contribution in [2.45, 2.75) is 58.6 Å². The molecular formula is C13H26N2O2. The van der Waals surface area contributed by atoms with Gasteiger partial charge in [0, 0.05) is 18.7 Å². The minimum Gasteiger partial charge on any atom is -0.378 e. The summed E-state index contributed by atoms with van der Waals surface area (Å²) in [4.78, 5) is 12.1. The summed E-state index contributed by atoms with van der Waals surface area (Å²) in [5, 5.41) is 2.96. The number of carbonyl (C=O) groups excluding carboxylic acids is 1. The molecule has 0 saturated carbocycles. The van der Waals surface area contributed by atoms with Crippen molar-refractivity contribution in [2.75, 3.05) is 13.2 Å². The highest BCUT2D eigenvalue weighted by Gasteiger charge is 2.40. The van der Waals surface area contributed by atoms with Crippen molar-refractivity contribution in [1.29, 1.82) is 0 Å². The first-order valence-electron chi connectivity index (χ1n) is 6.44. The molecular weight excluding hydrogens is 216 g/mol. The number of nitrogens with one attached hydrogen (secondary N) is 1. The average Bonchev–Trinajstić information content (AvgIpc) is 2.68. The summed E-state index contributed by atoms with van der Waals surface area (Å²) in [6, 6.07) is 0. The zero-order chi connectivity index (χ0) is 13.1.